The molecule has 0 saturated heterocycles. The summed E-state index contributed by atoms with van der Waals surface area (Å²) in [7, 11) is 0. The van der Waals surface area contributed by atoms with E-state index in [1.165, 1.54) is 64.2 Å². The van der Waals surface area contributed by atoms with E-state index < -0.39 is 6.10 Å². The van der Waals surface area contributed by atoms with Gasteiger partial charge in [-0.1, -0.05) is 280 Å². The Morgan fingerprint density at radius 1 is 0.241 bits per heavy atom. The summed E-state index contributed by atoms with van der Waals surface area (Å²) < 4.78 is 16.9. The summed E-state index contributed by atoms with van der Waals surface area (Å²) in [5.41, 5.74) is 0. The molecule has 6 heteroatoms. The molecule has 83 heavy (non-hydrogen) atoms. The third-order valence-corrected chi connectivity index (χ3v) is 13.4. The zero-order chi connectivity index (χ0) is 59.9. The molecule has 0 bridgehead atoms. The molecule has 0 radical (unpaired) electrons. The molecule has 1 unspecified atom stereocenters. The quantitative estimate of drug-likeness (QED) is 0.0261. The van der Waals surface area contributed by atoms with Crippen LogP contribution in [0.5, 0.6) is 0 Å². The maximum Gasteiger partial charge on any atom is 0.306 e. The fourth-order valence-electron chi connectivity index (χ4n) is 8.53. The van der Waals surface area contributed by atoms with Crippen molar-refractivity contribution in [3.8, 4) is 0 Å². The standard InChI is InChI=1S/C77H120O6/c1-4-7-10-13-16-19-22-25-28-31-33-35-37-38-40-41-43-46-49-52-55-58-61-64-67-70-76(79)82-73-74(72-81-75(78)69-66-63-60-57-54-51-48-45-30-27-24-21-18-15-12-9-6-3)83-77(80)71-68-65-62-59-56-53-50-47-44-42-39-36-34-32-29-26-23-20-17-14-11-8-5-2/h7-12,16-21,25-30,33-36,38,40,42,44,50,53,59,62,74H,4-6,13-15,22-24,31-32,37,39,41,43,45-49,51-52,54-58,60-61,63-73H2,1-3H3/b10-7-,11-8-,12-9-,19-16-,20-17-,21-18-,28-25-,29-26-,30-27-,35-33-,36-34-,40-38-,44-42-,53-50-,62-59-. The van der Waals surface area contributed by atoms with Crippen molar-refractivity contribution in [2.24, 2.45) is 0 Å². The lowest BCUT2D eigenvalue weighted by Gasteiger charge is -2.18. The van der Waals surface area contributed by atoms with E-state index in [0.717, 1.165) is 154 Å². The molecule has 0 aliphatic carbocycles. The molecule has 0 heterocycles. The largest absolute Gasteiger partial charge is 0.462 e. The Morgan fingerprint density at radius 3 is 0.711 bits per heavy atom. The number of unbranched alkanes of at least 4 members (excludes halogenated alkanes) is 17. The Balaban J connectivity index is 4.53. The van der Waals surface area contributed by atoms with Crippen molar-refractivity contribution in [2.75, 3.05) is 13.2 Å². The zero-order valence-electron chi connectivity index (χ0n) is 53.1. The highest BCUT2D eigenvalue weighted by Gasteiger charge is 2.19. The van der Waals surface area contributed by atoms with Gasteiger partial charge in [0.05, 0.1) is 0 Å². The summed E-state index contributed by atoms with van der Waals surface area (Å²) in [5.74, 6) is -0.996. The van der Waals surface area contributed by atoms with Crippen LogP contribution < -0.4 is 0 Å². The van der Waals surface area contributed by atoms with Crippen LogP contribution in [0.1, 0.15) is 265 Å². The second kappa shape index (κ2) is 69.0. The lowest BCUT2D eigenvalue weighted by Crippen LogP contribution is -2.30. The van der Waals surface area contributed by atoms with Gasteiger partial charge in [0, 0.05) is 19.3 Å². The van der Waals surface area contributed by atoms with Crippen molar-refractivity contribution >= 4 is 17.9 Å². The molecule has 6 nitrogen and oxygen atoms in total. The first kappa shape index (κ1) is 77.5. The van der Waals surface area contributed by atoms with Crippen LogP contribution in [-0.2, 0) is 28.6 Å². The van der Waals surface area contributed by atoms with Gasteiger partial charge in [0.1, 0.15) is 13.2 Å². The van der Waals surface area contributed by atoms with E-state index in [4.69, 9.17) is 14.2 Å². The van der Waals surface area contributed by atoms with Crippen molar-refractivity contribution < 1.29 is 28.6 Å². The molecule has 0 aliphatic heterocycles. The number of ether oxygens (including phenoxy) is 3. The molecule has 0 aromatic carbocycles. The molecule has 1 atom stereocenters. The average molecular weight is 1140 g/mol. The van der Waals surface area contributed by atoms with E-state index >= 15 is 0 Å². The Hall–Kier alpha value is -5.49. The van der Waals surface area contributed by atoms with Crippen molar-refractivity contribution in [3.63, 3.8) is 0 Å². The van der Waals surface area contributed by atoms with Gasteiger partial charge < -0.3 is 14.2 Å². The predicted octanol–water partition coefficient (Wildman–Crippen LogP) is 23.2. The predicted molar refractivity (Wildman–Crippen MR) is 361 cm³/mol. The van der Waals surface area contributed by atoms with Gasteiger partial charge in [-0.25, -0.2) is 0 Å². The Labute approximate surface area is 510 Å². The first-order valence-corrected chi connectivity index (χ1v) is 33.3. The van der Waals surface area contributed by atoms with Gasteiger partial charge in [0.2, 0.25) is 0 Å². The van der Waals surface area contributed by atoms with Gasteiger partial charge in [-0.3, -0.25) is 14.4 Å². The summed E-state index contributed by atoms with van der Waals surface area (Å²) >= 11 is 0. The maximum atomic E-state index is 12.9. The van der Waals surface area contributed by atoms with Crippen LogP contribution in [0.25, 0.3) is 0 Å². The van der Waals surface area contributed by atoms with E-state index in [-0.39, 0.29) is 37.5 Å². The van der Waals surface area contributed by atoms with Crippen molar-refractivity contribution in [3.05, 3.63) is 182 Å². The molecular weight excluding hydrogens is 1020 g/mol. The Kier molecular flexibility index (Phi) is 64.4. The molecule has 464 valence electrons. The normalized spacial score (nSPS) is 13.3. The van der Waals surface area contributed by atoms with E-state index in [2.05, 4.69) is 203 Å². The maximum absolute atomic E-state index is 12.9. The summed E-state index contributed by atoms with van der Waals surface area (Å²) in [4.78, 5) is 38.4. The molecule has 0 fully saturated rings. The fourth-order valence-corrected chi connectivity index (χ4v) is 8.53. The minimum atomic E-state index is -0.828. The Morgan fingerprint density at radius 2 is 0.446 bits per heavy atom. The van der Waals surface area contributed by atoms with Crippen LogP contribution >= 0.6 is 0 Å². The number of allylic oxidation sites excluding steroid dienone is 30. The molecule has 0 N–H and O–H groups in total. The monoisotopic (exact) mass is 1140 g/mol. The van der Waals surface area contributed by atoms with Crippen molar-refractivity contribution in [1.29, 1.82) is 0 Å². The number of hydrogen-bond donors (Lipinski definition) is 0. The van der Waals surface area contributed by atoms with Gasteiger partial charge >= 0.3 is 17.9 Å². The highest BCUT2D eigenvalue weighted by molar-refractivity contribution is 5.71. The third kappa shape index (κ3) is 67.2. The highest BCUT2D eigenvalue weighted by atomic mass is 16.6. The fraction of sp³-hybridized carbons (Fsp3) is 0.571. The number of carbonyl (C=O) groups is 3. The van der Waals surface area contributed by atoms with E-state index in [1.54, 1.807) is 0 Å². The van der Waals surface area contributed by atoms with Crippen LogP contribution in [0.15, 0.2) is 182 Å². The van der Waals surface area contributed by atoms with Gasteiger partial charge in [-0.2, -0.15) is 0 Å². The summed E-state index contributed by atoms with van der Waals surface area (Å²) in [6, 6.07) is 0. The zero-order valence-corrected chi connectivity index (χ0v) is 53.1. The molecule has 0 aromatic heterocycles. The lowest BCUT2D eigenvalue weighted by molar-refractivity contribution is -0.167. The smallest absolute Gasteiger partial charge is 0.306 e. The molecule has 0 rings (SSSR count). The number of hydrogen-bond acceptors (Lipinski definition) is 6. The number of carbonyl (C=O) groups excluding carboxylic acids is 3. The second-order valence-electron chi connectivity index (χ2n) is 21.2. The van der Waals surface area contributed by atoms with Crippen LogP contribution in [0, 0.1) is 0 Å². The average Bonchev–Trinajstić information content (AvgIpc) is 3.49. The Bertz CT molecular complexity index is 1940. The van der Waals surface area contributed by atoms with Gasteiger partial charge in [0.25, 0.3) is 0 Å². The number of esters is 3. The van der Waals surface area contributed by atoms with Crippen LogP contribution in [-0.4, -0.2) is 37.2 Å². The van der Waals surface area contributed by atoms with Gasteiger partial charge in [0.15, 0.2) is 6.10 Å². The molecule has 0 saturated carbocycles. The summed E-state index contributed by atoms with van der Waals surface area (Å²) in [5, 5.41) is 0. The third-order valence-electron chi connectivity index (χ3n) is 13.4. The van der Waals surface area contributed by atoms with E-state index in [9.17, 15) is 14.4 Å². The van der Waals surface area contributed by atoms with Crippen molar-refractivity contribution in [1.82, 2.24) is 0 Å². The topological polar surface area (TPSA) is 78.9 Å². The molecule has 0 spiro atoms. The summed E-state index contributed by atoms with van der Waals surface area (Å²) in [6.07, 6.45) is 103. The van der Waals surface area contributed by atoms with Crippen LogP contribution in [0.2, 0.25) is 0 Å². The SMILES string of the molecule is CC/C=C\C/C=C\C/C=C\C/C=C\C/C=C\C/C=C\C/C=C\CCCC(=O)OC(COC(=O)CCCCCCCCC/C=C\C/C=C\C/C=C\CC)COC(=O)CCCCCCCCCCC/C=C\C/C=C\C/C=C\C/C=C\C/C=C\CC. The van der Waals surface area contributed by atoms with Gasteiger partial charge in [-0.15, -0.1) is 0 Å². The van der Waals surface area contributed by atoms with E-state index in [1.807, 2.05) is 0 Å². The molecule has 0 aromatic rings. The minimum Gasteiger partial charge on any atom is -0.462 e. The van der Waals surface area contributed by atoms with Gasteiger partial charge in [-0.05, 0) is 148 Å². The number of rotatable bonds is 58. The lowest BCUT2D eigenvalue weighted by atomic mass is 10.1. The van der Waals surface area contributed by atoms with Crippen LogP contribution in [0.3, 0.4) is 0 Å². The van der Waals surface area contributed by atoms with E-state index in [0.29, 0.717) is 19.3 Å². The summed E-state index contributed by atoms with van der Waals surface area (Å²) in [6.45, 7) is 6.24. The molecular formula is C77H120O6. The molecule has 0 aliphatic rings. The highest BCUT2D eigenvalue weighted by Crippen LogP contribution is 2.14. The van der Waals surface area contributed by atoms with Crippen molar-refractivity contribution in [2.45, 2.75) is 271 Å². The second-order valence-corrected chi connectivity index (χ2v) is 21.2. The van der Waals surface area contributed by atoms with Crippen LogP contribution in [0.4, 0.5) is 0 Å². The first-order valence-electron chi connectivity index (χ1n) is 33.3. The first-order chi connectivity index (χ1) is 41.0. The minimum absolute atomic E-state index is 0.116. The molecule has 0 amide bonds.